The lowest BCUT2D eigenvalue weighted by molar-refractivity contribution is 0.599. The molecule has 16 heavy (non-hydrogen) atoms. The van der Waals surface area contributed by atoms with Crippen molar-refractivity contribution in [3.8, 4) is 11.1 Å². The first kappa shape index (κ1) is 10.5. The number of halogens is 3. The van der Waals surface area contributed by atoms with E-state index in [1.54, 1.807) is 0 Å². The van der Waals surface area contributed by atoms with Crippen molar-refractivity contribution in [2.24, 2.45) is 0 Å². The number of benzene rings is 1. The Bertz CT molecular complexity index is 541. The Morgan fingerprint density at radius 3 is 2.38 bits per heavy atom. The molecule has 0 aliphatic carbocycles. The van der Waals surface area contributed by atoms with Gasteiger partial charge in [0.2, 0.25) is 0 Å². The molecule has 2 nitrogen and oxygen atoms in total. The van der Waals surface area contributed by atoms with E-state index >= 15 is 0 Å². The Morgan fingerprint density at radius 1 is 0.938 bits per heavy atom. The molecule has 2 N–H and O–H groups in total. The Balaban J connectivity index is 2.65. The highest BCUT2D eigenvalue weighted by atomic mass is 19.1. The zero-order valence-corrected chi connectivity index (χ0v) is 8.05. The van der Waals surface area contributed by atoms with Gasteiger partial charge in [0.1, 0.15) is 17.5 Å². The van der Waals surface area contributed by atoms with E-state index in [-0.39, 0.29) is 16.8 Å². The lowest BCUT2D eigenvalue weighted by atomic mass is 10.1. The third-order valence-corrected chi connectivity index (χ3v) is 2.15. The van der Waals surface area contributed by atoms with Gasteiger partial charge in [-0.1, -0.05) is 0 Å². The molecule has 0 aliphatic rings. The normalized spacial score (nSPS) is 10.4. The average molecular weight is 224 g/mol. The zero-order chi connectivity index (χ0) is 11.7. The number of nitrogens with two attached hydrogens (primary N) is 1. The number of anilines is 1. The number of pyridine rings is 1. The van der Waals surface area contributed by atoms with Gasteiger partial charge in [-0.2, -0.15) is 0 Å². The Morgan fingerprint density at radius 2 is 1.69 bits per heavy atom. The third-order valence-electron chi connectivity index (χ3n) is 2.15. The van der Waals surface area contributed by atoms with Crippen molar-refractivity contribution in [1.82, 2.24) is 4.98 Å². The molecule has 1 heterocycles. The summed E-state index contributed by atoms with van der Waals surface area (Å²) in [7, 11) is 0. The van der Waals surface area contributed by atoms with Crippen LogP contribution in [0, 0.1) is 17.5 Å². The van der Waals surface area contributed by atoms with Crippen LogP contribution in [0.3, 0.4) is 0 Å². The summed E-state index contributed by atoms with van der Waals surface area (Å²) in [5, 5.41) is 0. The minimum Gasteiger partial charge on any atom is -0.396 e. The van der Waals surface area contributed by atoms with Crippen LogP contribution >= 0.6 is 0 Å². The highest BCUT2D eigenvalue weighted by Crippen LogP contribution is 2.27. The van der Waals surface area contributed by atoms with E-state index in [4.69, 9.17) is 5.73 Å². The summed E-state index contributed by atoms with van der Waals surface area (Å²) in [6, 6.07) is 2.96. The van der Waals surface area contributed by atoms with Crippen molar-refractivity contribution in [1.29, 1.82) is 0 Å². The maximum absolute atomic E-state index is 13.5. The average Bonchev–Trinajstić information content (AvgIpc) is 2.25. The van der Waals surface area contributed by atoms with Crippen molar-refractivity contribution < 1.29 is 13.2 Å². The van der Waals surface area contributed by atoms with E-state index in [2.05, 4.69) is 4.98 Å². The number of aromatic nitrogens is 1. The minimum atomic E-state index is -0.785. The maximum atomic E-state index is 13.5. The summed E-state index contributed by atoms with van der Waals surface area (Å²) < 4.78 is 39.9. The molecule has 0 atom stereocenters. The molecule has 0 bridgehead atoms. The van der Waals surface area contributed by atoms with Crippen molar-refractivity contribution >= 4 is 5.69 Å². The van der Waals surface area contributed by atoms with Gasteiger partial charge in [-0.25, -0.2) is 13.2 Å². The lowest BCUT2D eigenvalue weighted by Gasteiger charge is -2.06. The van der Waals surface area contributed by atoms with Crippen LogP contribution in [0.5, 0.6) is 0 Å². The van der Waals surface area contributed by atoms with E-state index in [0.717, 1.165) is 18.3 Å². The number of hydrogen-bond donors (Lipinski definition) is 1. The van der Waals surface area contributed by atoms with E-state index in [9.17, 15) is 13.2 Å². The molecule has 0 radical (unpaired) electrons. The van der Waals surface area contributed by atoms with E-state index < -0.39 is 17.5 Å². The molecule has 0 saturated carbocycles. The predicted molar refractivity (Wildman–Crippen MR) is 54.0 cm³/mol. The molecule has 82 valence electrons. The van der Waals surface area contributed by atoms with E-state index in [1.807, 2.05) is 0 Å². The highest BCUT2D eigenvalue weighted by Gasteiger charge is 2.13. The van der Waals surface area contributed by atoms with Crippen molar-refractivity contribution in [3.05, 3.63) is 48.0 Å². The van der Waals surface area contributed by atoms with Crippen molar-refractivity contribution in [3.63, 3.8) is 0 Å². The number of rotatable bonds is 1. The quantitative estimate of drug-likeness (QED) is 0.756. The summed E-state index contributed by atoms with van der Waals surface area (Å²) in [6.07, 6.45) is 2.23. The molecule has 1 aromatic carbocycles. The van der Waals surface area contributed by atoms with Crippen LogP contribution in [0.25, 0.3) is 11.1 Å². The van der Waals surface area contributed by atoms with Crippen LogP contribution < -0.4 is 5.73 Å². The first-order valence-electron chi connectivity index (χ1n) is 4.44. The number of hydrogen-bond acceptors (Lipinski definition) is 2. The molecule has 1 aromatic heterocycles. The van der Waals surface area contributed by atoms with Crippen molar-refractivity contribution in [2.75, 3.05) is 5.73 Å². The van der Waals surface area contributed by atoms with Gasteiger partial charge in [-0.05, 0) is 12.1 Å². The van der Waals surface area contributed by atoms with Gasteiger partial charge in [-0.3, -0.25) is 4.98 Å². The molecule has 0 fully saturated rings. The van der Waals surface area contributed by atoms with Gasteiger partial charge < -0.3 is 5.73 Å². The molecule has 0 unspecified atom stereocenters. The molecule has 0 amide bonds. The second-order valence-electron chi connectivity index (χ2n) is 3.21. The summed E-state index contributed by atoms with van der Waals surface area (Å²) in [5.41, 5.74) is 4.65. The smallest absolute Gasteiger partial charge is 0.149 e. The standard InChI is InChI=1S/C11H7F3N2/c12-8-4-11(15)9(13)3-7(8)6-1-2-16-5-10(6)14/h1-5H,15H2. The molecule has 5 heteroatoms. The zero-order valence-electron chi connectivity index (χ0n) is 8.05. The second kappa shape index (κ2) is 3.84. The van der Waals surface area contributed by atoms with Gasteiger partial charge in [0.15, 0.2) is 0 Å². The molecular weight excluding hydrogens is 217 g/mol. The molecule has 2 aromatic rings. The third kappa shape index (κ3) is 1.71. The molecular formula is C11H7F3N2. The van der Waals surface area contributed by atoms with Crippen LogP contribution in [-0.2, 0) is 0 Å². The summed E-state index contributed by atoms with van der Waals surface area (Å²) in [4.78, 5) is 3.52. The fraction of sp³-hybridized carbons (Fsp3) is 0. The number of nitrogens with zero attached hydrogens (tertiary/aromatic N) is 1. The summed E-state index contributed by atoms with van der Waals surface area (Å²) in [6.45, 7) is 0. The van der Waals surface area contributed by atoms with Crippen LogP contribution in [0.15, 0.2) is 30.6 Å². The fourth-order valence-corrected chi connectivity index (χ4v) is 1.36. The minimum absolute atomic E-state index is 0.0496. The SMILES string of the molecule is Nc1cc(F)c(-c2ccncc2F)cc1F. The Labute approximate surface area is 89.5 Å². The van der Waals surface area contributed by atoms with Gasteiger partial charge in [0, 0.05) is 23.4 Å². The van der Waals surface area contributed by atoms with Gasteiger partial charge >= 0.3 is 0 Å². The predicted octanol–water partition coefficient (Wildman–Crippen LogP) is 2.75. The Kier molecular flexibility index (Phi) is 2.52. The largest absolute Gasteiger partial charge is 0.396 e. The first-order chi connectivity index (χ1) is 7.59. The molecule has 2 rings (SSSR count). The first-order valence-corrected chi connectivity index (χ1v) is 4.44. The van der Waals surface area contributed by atoms with Crippen LogP contribution in [0.1, 0.15) is 0 Å². The second-order valence-corrected chi connectivity index (χ2v) is 3.21. The van der Waals surface area contributed by atoms with E-state index in [0.29, 0.717) is 0 Å². The summed E-state index contributed by atoms with van der Waals surface area (Å²) in [5.74, 6) is -2.28. The topological polar surface area (TPSA) is 38.9 Å². The lowest BCUT2D eigenvalue weighted by Crippen LogP contribution is -1.96. The highest BCUT2D eigenvalue weighted by molar-refractivity contribution is 5.66. The molecule has 0 aliphatic heterocycles. The van der Waals surface area contributed by atoms with Crippen LogP contribution in [0.4, 0.5) is 18.9 Å². The van der Waals surface area contributed by atoms with Gasteiger partial charge in [0.05, 0.1) is 11.9 Å². The van der Waals surface area contributed by atoms with Gasteiger partial charge in [0.25, 0.3) is 0 Å². The van der Waals surface area contributed by atoms with Crippen LogP contribution in [-0.4, -0.2) is 4.98 Å². The van der Waals surface area contributed by atoms with E-state index in [1.165, 1.54) is 12.3 Å². The molecule has 0 spiro atoms. The maximum Gasteiger partial charge on any atom is 0.149 e. The summed E-state index contributed by atoms with van der Waals surface area (Å²) >= 11 is 0. The fourth-order valence-electron chi connectivity index (χ4n) is 1.36. The number of nitrogen functional groups attached to an aromatic ring is 1. The Hall–Kier alpha value is -2.04. The monoisotopic (exact) mass is 224 g/mol. The molecule has 0 saturated heterocycles. The van der Waals surface area contributed by atoms with Crippen molar-refractivity contribution in [2.45, 2.75) is 0 Å². The van der Waals surface area contributed by atoms with Crippen LogP contribution in [0.2, 0.25) is 0 Å². The van der Waals surface area contributed by atoms with Gasteiger partial charge in [-0.15, -0.1) is 0 Å².